The molecular formula is C12H12O3. The van der Waals surface area contributed by atoms with Gasteiger partial charge in [-0.1, -0.05) is 6.07 Å². The number of fused-ring (bicyclic) bond motifs is 1. The van der Waals surface area contributed by atoms with Crippen molar-refractivity contribution in [2.75, 3.05) is 0 Å². The van der Waals surface area contributed by atoms with Gasteiger partial charge in [0.05, 0.1) is 6.61 Å². The maximum atomic E-state index is 11.2. The van der Waals surface area contributed by atoms with E-state index in [0.29, 0.717) is 11.1 Å². The zero-order chi connectivity index (χ0) is 11.0. The van der Waals surface area contributed by atoms with Crippen molar-refractivity contribution in [1.82, 2.24) is 0 Å². The lowest BCUT2D eigenvalue weighted by Gasteiger charge is -2.06. The molecule has 0 amide bonds. The smallest absolute Gasteiger partial charge is 0.336 e. The maximum absolute atomic E-state index is 11.2. The van der Waals surface area contributed by atoms with Crippen molar-refractivity contribution >= 4 is 11.0 Å². The van der Waals surface area contributed by atoms with E-state index in [9.17, 15) is 9.90 Å². The minimum Gasteiger partial charge on any atom is -0.423 e. The zero-order valence-corrected chi connectivity index (χ0v) is 8.70. The van der Waals surface area contributed by atoms with Gasteiger partial charge in [0.15, 0.2) is 0 Å². The van der Waals surface area contributed by atoms with Crippen LogP contribution in [-0.2, 0) is 6.61 Å². The molecule has 0 unspecified atom stereocenters. The molecule has 0 bridgehead atoms. The fourth-order valence-corrected chi connectivity index (χ4v) is 1.90. The molecule has 2 rings (SSSR count). The van der Waals surface area contributed by atoms with Crippen LogP contribution in [0.3, 0.4) is 0 Å². The first-order chi connectivity index (χ1) is 7.11. The van der Waals surface area contributed by atoms with Gasteiger partial charge in [-0.25, -0.2) is 4.79 Å². The SMILES string of the molecule is Cc1cc(C)c2c(CO)cc(=O)oc2c1. The van der Waals surface area contributed by atoms with Gasteiger partial charge in [-0.15, -0.1) is 0 Å². The van der Waals surface area contributed by atoms with E-state index in [0.717, 1.165) is 16.5 Å². The summed E-state index contributed by atoms with van der Waals surface area (Å²) in [5.74, 6) is 0. The summed E-state index contributed by atoms with van der Waals surface area (Å²) in [4.78, 5) is 11.2. The lowest BCUT2D eigenvalue weighted by atomic mass is 10.0. The molecule has 0 aliphatic heterocycles. The molecule has 0 atom stereocenters. The first kappa shape index (κ1) is 9.93. The summed E-state index contributed by atoms with van der Waals surface area (Å²) < 4.78 is 5.10. The number of rotatable bonds is 1. The Hall–Kier alpha value is -1.61. The molecule has 0 saturated heterocycles. The van der Waals surface area contributed by atoms with Gasteiger partial charge in [0, 0.05) is 11.5 Å². The summed E-state index contributed by atoms with van der Waals surface area (Å²) in [5.41, 5.74) is 2.80. The Morgan fingerprint density at radius 2 is 2.00 bits per heavy atom. The van der Waals surface area contributed by atoms with Crippen LogP contribution >= 0.6 is 0 Å². The van der Waals surface area contributed by atoms with E-state index in [1.165, 1.54) is 6.07 Å². The molecule has 78 valence electrons. The molecule has 15 heavy (non-hydrogen) atoms. The molecule has 1 heterocycles. The molecule has 0 spiro atoms. The molecule has 0 radical (unpaired) electrons. The molecule has 0 aliphatic rings. The third-order valence-electron chi connectivity index (χ3n) is 2.44. The van der Waals surface area contributed by atoms with E-state index in [-0.39, 0.29) is 6.61 Å². The lowest BCUT2D eigenvalue weighted by molar-refractivity contribution is 0.282. The molecule has 0 saturated carbocycles. The van der Waals surface area contributed by atoms with E-state index in [4.69, 9.17) is 4.42 Å². The van der Waals surface area contributed by atoms with Crippen LogP contribution in [0.25, 0.3) is 11.0 Å². The fourth-order valence-electron chi connectivity index (χ4n) is 1.90. The molecule has 2 aromatic rings. The number of aryl methyl sites for hydroxylation is 2. The Balaban J connectivity index is 2.96. The van der Waals surface area contributed by atoms with Crippen molar-refractivity contribution in [2.24, 2.45) is 0 Å². The number of benzene rings is 1. The van der Waals surface area contributed by atoms with Gasteiger partial charge in [-0.3, -0.25) is 0 Å². The Labute approximate surface area is 87.0 Å². The second-order valence-corrected chi connectivity index (χ2v) is 3.70. The summed E-state index contributed by atoms with van der Waals surface area (Å²) in [6.07, 6.45) is 0. The van der Waals surface area contributed by atoms with Gasteiger partial charge >= 0.3 is 5.63 Å². The Morgan fingerprint density at radius 1 is 1.27 bits per heavy atom. The molecule has 0 fully saturated rings. The lowest BCUT2D eigenvalue weighted by Crippen LogP contribution is -2.01. The third kappa shape index (κ3) is 1.66. The third-order valence-corrected chi connectivity index (χ3v) is 2.44. The first-order valence-corrected chi connectivity index (χ1v) is 4.76. The number of hydrogen-bond acceptors (Lipinski definition) is 3. The van der Waals surface area contributed by atoms with Crippen LogP contribution < -0.4 is 5.63 Å². The monoisotopic (exact) mass is 204 g/mol. The van der Waals surface area contributed by atoms with Crippen molar-refractivity contribution in [2.45, 2.75) is 20.5 Å². The van der Waals surface area contributed by atoms with Crippen LogP contribution in [0.15, 0.2) is 27.4 Å². The predicted molar refractivity (Wildman–Crippen MR) is 57.9 cm³/mol. The summed E-state index contributed by atoms with van der Waals surface area (Å²) in [5, 5.41) is 10.0. The van der Waals surface area contributed by atoms with Crippen molar-refractivity contribution in [3.05, 3.63) is 45.3 Å². The van der Waals surface area contributed by atoms with Gasteiger partial charge < -0.3 is 9.52 Å². The Morgan fingerprint density at radius 3 is 2.67 bits per heavy atom. The van der Waals surface area contributed by atoms with E-state index in [2.05, 4.69) is 0 Å². The van der Waals surface area contributed by atoms with Gasteiger partial charge in [0.1, 0.15) is 5.58 Å². The second kappa shape index (κ2) is 3.51. The van der Waals surface area contributed by atoms with Gasteiger partial charge in [0.25, 0.3) is 0 Å². The van der Waals surface area contributed by atoms with Crippen LogP contribution in [0.2, 0.25) is 0 Å². The summed E-state index contributed by atoms with van der Waals surface area (Å²) >= 11 is 0. The average molecular weight is 204 g/mol. The van der Waals surface area contributed by atoms with Crippen LogP contribution in [-0.4, -0.2) is 5.11 Å². The largest absolute Gasteiger partial charge is 0.423 e. The van der Waals surface area contributed by atoms with Gasteiger partial charge in [-0.05, 0) is 36.6 Å². The Kier molecular flexibility index (Phi) is 2.32. The Bertz CT molecular complexity index is 567. The fraction of sp³-hybridized carbons (Fsp3) is 0.250. The number of hydrogen-bond donors (Lipinski definition) is 1. The van der Waals surface area contributed by atoms with E-state index in [1.54, 1.807) is 0 Å². The van der Waals surface area contributed by atoms with E-state index in [1.807, 2.05) is 26.0 Å². The van der Waals surface area contributed by atoms with E-state index >= 15 is 0 Å². The van der Waals surface area contributed by atoms with Crippen LogP contribution in [0.1, 0.15) is 16.7 Å². The summed E-state index contributed by atoms with van der Waals surface area (Å²) in [6.45, 7) is 3.73. The second-order valence-electron chi connectivity index (χ2n) is 3.70. The van der Waals surface area contributed by atoms with Gasteiger partial charge in [-0.2, -0.15) is 0 Å². The molecule has 1 aromatic heterocycles. The predicted octanol–water partition coefficient (Wildman–Crippen LogP) is 1.90. The van der Waals surface area contributed by atoms with Crippen molar-refractivity contribution in [1.29, 1.82) is 0 Å². The van der Waals surface area contributed by atoms with Gasteiger partial charge in [0.2, 0.25) is 0 Å². The number of aliphatic hydroxyl groups is 1. The number of aliphatic hydroxyl groups excluding tert-OH is 1. The van der Waals surface area contributed by atoms with Crippen LogP contribution in [0.5, 0.6) is 0 Å². The normalized spacial score (nSPS) is 10.9. The topological polar surface area (TPSA) is 50.4 Å². The highest BCUT2D eigenvalue weighted by Crippen LogP contribution is 2.22. The highest BCUT2D eigenvalue weighted by molar-refractivity contribution is 5.84. The molecular weight excluding hydrogens is 192 g/mol. The quantitative estimate of drug-likeness (QED) is 0.722. The van der Waals surface area contributed by atoms with Crippen LogP contribution in [0, 0.1) is 13.8 Å². The standard InChI is InChI=1S/C12H12O3/c1-7-3-8(2)12-9(6-13)5-11(14)15-10(12)4-7/h3-5,13H,6H2,1-2H3. The summed E-state index contributed by atoms with van der Waals surface area (Å²) in [7, 11) is 0. The highest BCUT2D eigenvalue weighted by Gasteiger charge is 2.07. The molecule has 1 N–H and O–H groups in total. The molecule has 3 nitrogen and oxygen atoms in total. The molecule has 3 heteroatoms. The molecule has 1 aromatic carbocycles. The van der Waals surface area contributed by atoms with Crippen molar-refractivity contribution in [3.63, 3.8) is 0 Å². The highest BCUT2D eigenvalue weighted by atomic mass is 16.4. The molecule has 0 aliphatic carbocycles. The van der Waals surface area contributed by atoms with Crippen molar-refractivity contribution < 1.29 is 9.52 Å². The minimum atomic E-state index is -0.420. The average Bonchev–Trinajstić information content (AvgIpc) is 2.14. The zero-order valence-electron chi connectivity index (χ0n) is 8.70. The first-order valence-electron chi connectivity index (χ1n) is 4.76. The van der Waals surface area contributed by atoms with Crippen molar-refractivity contribution in [3.8, 4) is 0 Å². The van der Waals surface area contributed by atoms with E-state index < -0.39 is 5.63 Å². The maximum Gasteiger partial charge on any atom is 0.336 e. The summed E-state index contributed by atoms with van der Waals surface area (Å²) in [6, 6.07) is 5.15. The minimum absolute atomic E-state index is 0.147. The van der Waals surface area contributed by atoms with Crippen LogP contribution in [0.4, 0.5) is 0 Å².